The van der Waals surface area contributed by atoms with Gasteiger partial charge in [0.2, 0.25) is 5.91 Å². The Labute approximate surface area is 227 Å². The molecule has 8 heteroatoms. The third-order valence-electron chi connectivity index (χ3n) is 8.64. The number of likely N-dealkylation sites (tertiary alicyclic amines) is 1. The topological polar surface area (TPSA) is 96.4 Å². The largest absolute Gasteiger partial charge is 0.461 e. The average Bonchev–Trinajstić information content (AvgIpc) is 3.17. The maximum atomic E-state index is 14.6. The van der Waals surface area contributed by atoms with Crippen molar-refractivity contribution in [3.8, 4) is 0 Å². The summed E-state index contributed by atoms with van der Waals surface area (Å²) < 4.78 is 12.2. The van der Waals surface area contributed by atoms with E-state index in [1.807, 2.05) is 68.5 Å². The van der Waals surface area contributed by atoms with E-state index in [0.717, 1.165) is 10.8 Å². The van der Waals surface area contributed by atoms with Gasteiger partial charge in [-0.05, 0) is 48.2 Å². The highest BCUT2D eigenvalue weighted by Crippen LogP contribution is 2.58. The Kier molecular flexibility index (Phi) is 6.15. The molecule has 0 aromatic heterocycles. The molecule has 2 saturated heterocycles. The average molecular weight is 531 g/mol. The number of aliphatic hydroxyl groups excluding tert-OH is 1. The van der Waals surface area contributed by atoms with Crippen molar-refractivity contribution in [2.45, 2.75) is 50.5 Å². The monoisotopic (exact) mass is 530 g/mol. The number of amides is 2. The summed E-state index contributed by atoms with van der Waals surface area (Å²) in [4.78, 5) is 45.4. The number of fused-ring (bicyclic) bond motifs is 3. The van der Waals surface area contributed by atoms with Crippen molar-refractivity contribution in [2.75, 3.05) is 24.7 Å². The zero-order chi connectivity index (χ0) is 27.5. The summed E-state index contributed by atoms with van der Waals surface area (Å²) in [6.45, 7) is 5.89. The van der Waals surface area contributed by atoms with E-state index in [1.54, 1.807) is 24.0 Å². The van der Waals surface area contributed by atoms with Gasteiger partial charge in [0, 0.05) is 12.2 Å². The van der Waals surface area contributed by atoms with Gasteiger partial charge in [-0.1, -0.05) is 62.4 Å². The van der Waals surface area contributed by atoms with Crippen LogP contribution in [0.2, 0.25) is 0 Å². The van der Waals surface area contributed by atoms with Crippen LogP contribution in [0.3, 0.4) is 0 Å². The minimum atomic E-state index is -1.38. The highest BCUT2D eigenvalue weighted by molar-refractivity contribution is 6.06. The Balaban J connectivity index is 1.50. The molecule has 1 N–H and O–H groups in total. The summed E-state index contributed by atoms with van der Waals surface area (Å²) >= 11 is 0. The molecule has 1 spiro atoms. The minimum Gasteiger partial charge on any atom is -0.461 e. The summed E-state index contributed by atoms with van der Waals surface area (Å²) in [6, 6.07) is 12.1. The van der Waals surface area contributed by atoms with E-state index in [0.29, 0.717) is 12.1 Å². The van der Waals surface area contributed by atoms with Crippen LogP contribution in [0.1, 0.15) is 27.2 Å². The van der Waals surface area contributed by atoms with Gasteiger partial charge >= 0.3 is 5.97 Å². The van der Waals surface area contributed by atoms with E-state index in [1.165, 1.54) is 4.90 Å². The van der Waals surface area contributed by atoms with E-state index in [-0.39, 0.29) is 37.5 Å². The van der Waals surface area contributed by atoms with Gasteiger partial charge in [0.1, 0.15) is 24.2 Å². The smallest absolute Gasteiger partial charge is 0.313 e. The van der Waals surface area contributed by atoms with E-state index in [4.69, 9.17) is 9.47 Å². The Morgan fingerprint density at radius 1 is 1.00 bits per heavy atom. The van der Waals surface area contributed by atoms with Gasteiger partial charge in [0.15, 0.2) is 0 Å². The van der Waals surface area contributed by atoms with E-state index >= 15 is 0 Å². The van der Waals surface area contributed by atoms with Gasteiger partial charge in [0.25, 0.3) is 5.91 Å². The SMILES string of the molecule is CC(C)C[C@H](CO)N1C(=O)[C@@H]2[C@@H]3C(=O)OCC=C[C@]3(C)O[C@@]23C=CCN(c2ccc4ccccc4c2)C(=O)C13. The highest BCUT2D eigenvalue weighted by Gasteiger charge is 2.75. The first-order valence-electron chi connectivity index (χ1n) is 13.7. The first-order chi connectivity index (χ1) is 18.7. The van der Waals surface area contributed by atoms with Gasteiger partial charge in [-0.25, -0.2) is 0 Å². The standard InChI is InChI=1S/C31H34N2O6/c1-19(2)16-23(18-34)33-26-28(36)32(22-11-10-20-8-4-5-9-21(20)17-22)14-6-13-31(26)24(27(33)35)25-29(37)38-15-7-12-30(25,3)39-31/h4-13,17,19,23-26,34H,14-16,18H2,1-3H3/t23-,24+,25-,26?,30+,31+/m1/s1. The molecule has 2 amide bonds. The maximum absolute atomic E-state index is 14.6. The predicted molar refractivity (Wildman–Crippen MR) is 146 cm³/mol. The number of hydrogen-bond donors (Lipinski definition) is 1. The number of carbonyl (C=O) groups excluding carboxylic acids is 3. The number of rotatable bonds is 5. The van der Waals surface area contributed by atoms with Crippen LogP contribution < -0.4 is 4.90 Å². The number of anilines is 1. The summed E-state index contributed by atoms with van der Waals surface area (Å²) in [7, 11) is 0. The Bertz CT molecular complexity index is 1400. The third-order valence-corrected chi connectivity index (χ3v) is 8.64. The molecule has 6 rings (SSSR count). The molecule has 4 aliphatic heterocycles. The van der Waals surface area contributed by atoms with Crippen molar-refractivity contribution < 1.29 is 29.0 Å². The van der Waals surface area contributed by atoms with Crippen molar-refractivity contribution in [2.24, 2.45) is 17.8 Å². The lowest BCUT2D eigenvalue weighted by molar-refractivity contribution is -0.158. The molecule has 0 bridgehead atoms. The van der Waals surface area contributed by atoms with Crippen LogP contribution >= 0.6 is 0 Å². The molecular weight excluding hydrogens is 496 g/mol. The molecule has 204 valence electrons. The van der Waals surface area contributed by atoms with Crippen molar-refractivity contribution >= 4 is 34.2 Å². The fourth-order valence-corrected chi connectivity index (χ4v) is 7.08. The van der Waals surface area contributed by atoms with Crippen LogP contribution in [0, 0.1) is 17.8 Å². The summed E-state index contributed by atoms with van der Waals surface area (Å²) in [6.07, 6.45) is 7.68. The van der Waals surface area contributed by atoms with Crippen LogP contribution in [-0.2, 0) is 23.9 Å². The summed E-state index contributed by atoms with van der Waals surface area (Å²) in [5, 5.41) is 12.5. The second kappa shape index (κ2) is 9.31. The molecule has 4 heterocycles. The van der Waals surface area contributed by atoms with Crippen molar-refractivity contribution in [3.63, 3.8) is 0 Å². The predicted octanol–water partition coefficient (Wildman–Crippen LogP) is 3.23. The van der Waals surface area contributed by atoms with E-state index in [9.17, 15) is 19.5 Å². The number of esters is 1. The zero-order valence-electron chi connectivity index (χ0n) is 22.4. The fraction of sp³-hybridized carbons (Fsp3) is 0.452. The van der Waals surface area contributed by atoms with Gasteiger partial charge in [-0.2, -0.15) is 0 Å². The number of aliphatic hydroxyl groups is 1. The lowest BCUT2D eigenvalue weighted by Crippen LogP contribution is -2.59. The van der Waals surface area contributed by atoms with Gasteiger partial charge < -0.3 is 24.4 Å². The summed E-state index contributed by atoms with van der Waals surface area (Å²) in [5.74, 6) is -2.89. The van der Waals surface area contributed by atoms with Crippen molar-refractivity contribution in [1.82, 2.24) is 4.90 Å². The van der Waals surface area contributed by atoms with Crippen molar-refractivity contribution in [3.05, 3.63) is 66.8 Å². The van der Waals surface area contributed by atoms with E-state index in [2.05, 4.69) is 0 Å². The van der Waals surface area contributed by atoms with Crippen molar-refractivity contribution in [1.29, 1.82) is 0 Å². The van der Waals surface area contributed by atoms with Crippen LogP contribution in [0.15, 0.2) is 66.8 Å². The number of cyclic esters (lactones) is 1. The molecule has 39 heavy (non-hydrogen) atoms. The quantitative estimate of drug-likeness (QED) is 0.471. The Morgan fingerprint density at radius 3 is 2.51 bits per heavy atom. The highest BCUT2D eigenvalue weighted by atomic mass is 16.6. The fourth-order valence-electron chi connectivity index (χ4n) is 7.08. The third kappa shape index (κ3) is 3.84. The number of nitrogens with zero attached hydrogens (tertiary/aromatic N) is 2. The lowest BCUT2D eigenvalue weighted by atomic mass is 9.75. The number of ether oxygens (including phenoxy) is 2. The van der Waals surface area contributed by atoms with Gasteiger partial charge in [-0.3, -0.25) is 14.4 Å². The molecule has 2 aromatic rings. The van der Waals surface area contributed by atoms with Gasteiger partial charge in [-0.15, -0.1) is 0 Å². The molecule has 8 nitrogen and oxygen atoms in total. The number of benzene rings is 2. The Hall–Kier alpha value is -3.49. The van der Waals surface area contributed by atoms with Crippen LogP contribution in [0.25, 0.3) is 10.8 Å². The summed E-state index contributed by atoms with van der Waals surface area (Å²) in [5.41, 5.74) is -1.80. The molecule has 4 aliphatic rings. The minimum absolute atomic E-state index is 0.104. The molecule has 2 fully saturated rings. The molecule has 0 saturated carbocycles. The number of hydrogen-bond acceptors (Lipinski definition) is 6. The molecule has 6 atom stereocenters. The first kappa shape index (κ1) is 25.8. The molecule has 0 aliphatic carbocycles. The molecule has 2 aromatic carbocycles. The molecule has 1 unspecified atom stereocenters. The molecular formula is C31H34N2O6. The van der Waals surface area contributed by atoms with E-state index < -0.39 is 41.1 Å². The zero-order valence-corrected chi connectivity index (χ0v) is 22.4. The van der Waals surface area contributed by atoms with Crippen LogP contribution in [0.5, 0.6) is 0 Å². The van der Waals surface area contributed by atoms with Crippen LogP contribution in [0.4, 0.5) is 5.69 Å². The van der Waals surface area contributed by atoms with Gasteiger partial charge in [0.05, 0.1) is 24.2 Å². The number of carbonyl (C=O) groups is 3. The second-order valence-corrected chi connectivity index (χ2v) is 11.6. The van der Waals surface area contributed by atoms with Crippen LogP contribution in [-0.4, -0.2) is 70.8 Å². The normalized spacial score (nSPS) is 32.6. The maximum Gasteiger partial charge on any atom is 0.313 e. The first-order valence-corrected chi connectivity index (χ1v) is 13.7. The Morgan fingerprint density at radius 2 is 1.77 bits per heavy atom. The second-order valence-electron chi connectivity index (χ2n) is 11.6. The lowest BCUT2D eigenvalue weighted by Gasteiger charge is -2.40. The molecule has 0 radical (unpaired) electrons.